The Balaban J connectivity index is 1.53. The third kappa shape index (κ3) is 7.46. The largest absolute Gasteiger partial charge is 0.374 e. The maximum Gasteiger partial charge on any atom is 0.217 e. The molecule has 5 atom stereocenters. The maximum absolute atomic E-state index is 12.0. The first-order chi connectivity index (χ1) is 17.6. The molecular weight excluding hydrogens is 458 g/mol. The Morgan fingerprint density at radius 1 is 0.778 bits per heavy atom. The lowest BCUT2D eigenvalue weighted by molar-refractivity contribution is -0.277. The number of amides is 1. The van der Waals surface area contributed by atoms with E-state index in [0.717, 1.165) is 16.7 Å². The minimum atomic E-state index is -1.28. The number of hydrogen-bond donors (Lipinski definition) is 2. The molecule has 0 aromatic heterocycles. The minimum absolute atomic E-state index is 0.184. The van der Waals surface area contributed by atoms with Gasteiger partial charge in [0.1, 0.15) is 24.4 Å². The van der Waals surface area contributed by atoms with Crippen molar-refractivity contribution >= 4 is 5.91 Å². The van der Waals surface area contributed by atoms with Crippen molar-refractivity contribution in [2.45, 2.75) is 57.4 Å². The lowest BCUT2D eigenvalue weighted by atomic mass is 9.96. The van der Waals surface area contributed by atoms with Crippen molar-refractivity contribution in [2.24, 2.45) is 0 Å². The molecule has 1 aliphatic rings. The third-order valence-corrected chi connectivity index (χ3v) is 6.00. The van der Waals surface area contributed by atoms with Crippen LogP contribution in [0, 0.1) is 0 Å². The monoisotopic (exact) mass is 491 g/mol. The number of hydrogen-bond acceptors (Lipinski definition) is 6. The molecule has 36 heavy (non-hydrogen) atoms. The molecule has 7 nitrogen and oxygen atoms in total. The predicted octanol–water partition coefficient (Wildman–Crippen LogP) is 3.60. The minimum Gasteiger partial charge on any atom is -0.374 e. The number of carbonyl (C=O) groups excluding carboxylic acids is 1. The van der Waals surface area contributed by atoms with Crippen LogP contribution in [0.15, 0.2) is 91.0 Å². The molecular formula is C29H33NO6. The second-order valence-corrected chi connectivity index (χ2v) is 8.81. The van der Waals surface area contributed by atoms with Crippen molar-refractivity contribution in [3.05, 3.63) is 108 Å². The number of aliphatic hydroxyl groups excluding tert-OH is 1. The zero-order valence-corrected chi connectivity index (χ0v) is 20.4. The van der Waals surface area contributed by atoms with Crippen molar-refractivity contribution in [3.63, 3.8) is 0 Å². The van der Waals surface area contributed by atoms with E-state index in [1.165, 1.54) is 6.92 Å². The van der Waals surface area contributed by atoms with Crippen LogP contribution in [0.1, 0.15) is 23.6 Å². The van der Waals surface area contributed by atoms with Crippen LogP contribution in [0.2, 0.25) is 0 Å². The zero-order valence-electron chi connectivity index (χ0n) is 20.4. The van der Waals surface area contributed by atoms with Crippen LogP contribution in [0.5, 0.6) is 0 Å². The number of aliphatic hydroxyl groups is 1. The van der Waals surface area contributed by atoms with E-state index in [0.29, 0.717) is 13.2 Å². The van der Waals surface area contributed by atoms with Gasteiger partial charge < -0.3 is 29.4 Å². The lowest BCUT2D eigenvalue weighted by Crippen LogP contribution is -2.65. The van der Waals surface area contributed by atoms with Crippen LogP contribution < -0.4 is 5.32 Å². The van der Waals surface area contributed by atoms with Gasteiger partial charge in [-0.05, 0) is 16.7 Å². The van der Waals surface area contributed by atoms with Crippen molar-refractivity contribution in [3.8, 4) is 0 Å². The molecule has 7 heteroatoms. The summed E-state index contributed by atoms with van der Waals surface area (Å²) in [7, 11) is 0. The highest BCUT2D eigenvalue weighted by Gasteiger charge is 2.47. The van der Waals surface area contributed by atoms with Gasteiger partial charge in [0.2, 0.25) is 5.91 Å². The van der Waals surface area contributed by atoms with Gasteiger partial charge in [0.25, 0.3) is 0 Å². The van der Waals surface area contributed by atoms with Gasteiger partial charge in [-0.25, -0.2) is 0 Å². The number of ether oxygens (including phenoxy) is 4. The van der Waals surface area contributed by atoms with E-state index in [1.54, 1.807) is 0 Å². The van der Waals surface area contributed by atoms with Crippen LogP contribution in [0.25, 0.3) is 0 Å². The second kappa shape index (κ2) is 13.3. The average molecular weight is 492 g/mol. The molecule has 1 heterocycles. The maximum atomic E-state index is 12.0. The first kappa shape index (κ1) is 26.0. The molecule has 0 aliphatic carbocycles. The molecule has 3 aromatic carbocycles. The van der Waals surface area contributed by atoms with Gasteiger partial charge in [-0.1, -0.05) is 91.0 Å². The fourth-order valence-corrected chi connectivity index (χ4v) is 4.24. The Morgan fingerprint density at radius 3 is 1.75 bits per heavy atom. The normalized spacial score (nSPS) is 23.8. The van der Waals surface area contributed by atoms with Crippen molar-refractivity contribution in [1.29, 1.82) is 0 Å². The molecule has 2 N–H and O–H groups in total. The van der Waals surface area contributed by atoms with Crippen LogP contribution in [0.3, 0.4) is 0 Å². The van der Waals surface area contributed by atoms with Gasteiger partial charge in [-0.15, -0.1) is 0 Å². The van der Waals surface area contributed by atoms with Gasteiger partial charge in [0.15, 0.2) is 6.29 Å². The van der Waals surface area contributed by atoms with E-state index in [9.17, 15) is 9.90 Å². The molecule has 1 unspecified atom stereocenters. The van der Waals surface area contributed by atoms with Gasteiger partial charge >= 0.3 is 0 Å². The summed E-state index contributed by atoms with van der Waals surface area (Å²) in [6.45, 7) is 2.58. The zero-order chi connectivity index (χ0) is 25.2. The van der Waals surface area contributed by atoms with Crippen LogP contribution in [-0.2, 0) is 43.6 Å². The Bertz CT molecular complexity index is 1050. The molecule has 1 aliphatic heterocycles. The number of benzene rings is 3. The van der Waals surface area contributed by atoms with E-state index < -0.39 is 30.6 Å². The Kier molecular flexibility index (Phi) is 9.61. The number of nitrogens with one attached hydrogen (secondary N) is 1. The summed E-state index contributed by atoms with van der Waals surface area (Å²) >= 11 is 0. The summed E-state index contributed by atoms with van der Waals surface area (Å²) in [4.78, 5) is 12.0. The summed E-state index contributed by atoms with van der Waals surface area (Å²) in [5.41, 5.74) is 2.99. The Labute approximate surface area is 212 Å². The highest BCUT2D eigenvalue weighted by atomic mass is 16.7. The standard InChI is InChI=1S/C29H33NO6/c1-21(31)30-26-28(35-19-24-15-9-4-10-16-24)27(34-18-23-13-7-3-8-14-23)25(36-29(26)32)20-33-17-22-11-5-2-6-12-22/h2-16,25-29,32H,17-20H2,1H3,(H,30,31)/t25-,26+,27+,28+,29?/m1/s1. The molecule has 0 saturated carbocycles. The fraction of sp³-hybridized carbons (Fsp3) is 0.345. The van der Waals surface area contributed by atoms with E-state index in [-0.39, 0.29) is 19.1 Å². The second-order valence-electron chi connectivity index (χ2n) is 8.81. The lowest BCUT2D eigenvalue weighted by Gasteiger charge is -2.44. The molecule has 1 fully saturated rings. The summed E-state index contributed by atoms with van der Waals surface area (Å²) in [6, 6.07) is 28.6. The van der Waals surface area contributed by atoms with Crippen LogP contribution in [0.4, 0.5) is 0 Å². The Hall–Kier alpha value is -3.07. The van der Waals surface area contributed by atoms with E-state index in [4.69, 9.17) is 18.9 Å². The predicted molar refractivity (Wildman–Crippen MR) is 135 cm³/mol. The van der Waals surface area contributed by atoms with Gasteiger partial charge in [-0.2, -0.15) is 0 Å². The summed E-state index contributed by atoms with van der Waals surface area (Å²) < 4.78 is 24.6. The molecule has 4 rings (SSSR count). The average Bonchev–Trinajstić information content (AvgIpc) is 2.90. The number of rotatable bonds is 11. The quantitative estimate of drug-likeness (QED) is 0.426. The smallest absolute Gasteiger partial charge is 0.217 e. The molecule has 1 amide bonds. The van der Waals surface area contributed by atoms with Crippen LogP contribution in [-0.4, -0.2) is 48.3 Å². The van der Waals surface area contributed by atoms with E-state index >= 15 is 0 Å². The van der Waals surface area contributed by atoms with Crippen LogP contribution >= 0.6 is 0 Å². The number of carbonyl (C=O) groups is 1. The SMILES string of the molecule is CC(=O)N[C@@H]1C(O)O[C@H](COCc2ccccc2)[C@H](OCc2ccccc2)[C@H]1OCc1ccccc1. The van der Waals surface area contributed by atoms with E-state index in [2.05, 4.69) is 5.32 Å². The first-order valence-electron chi connectivity index (χ1n) is 12.1. The highest BCUT2D eigenvalue weighted by Crippen LogP contribution is 2.27. The fourth-order valence-electron chi connectivity index (χ4n) is 4.24. The van der Waals surface area contributed by atoms with Gasteiger partial charge in [-0.3, -0.25) is 4.79 Å². The molecule has 190 valence electrons. The molecule has 3 aromatic rings. The van der Waals surface area contributed by atoms with Crippen molar-refractivity contribution in [2.75, 3.05) is 6.61 Å². The van der Waals surface area contributed by atoms with Gasteiger partial charge in [0, 0.05) is 6.92 Å². The topological polar surface area (TPSA) is 86.3 Å². The van der Waals surface area contributed by atoms with Crippen molar-refractivity contribution < 1.29 is 28.8 Å². The van der Waals surface area contributed by atoms with Gasteiger partial charge in [0.05, 0.1) is 26.4 Å². The summed E-state index contributed by atoms with van der Waals surface area (Å²) in [5, 5.41) is 13.6. The van der Waals surface area contributed by atoms with Crippen molar-refractivity contribution in [1.82, 2.24) is 5.32 Å². The first-order valence-corrected chi connectivity index (χ1v) is 12.1. The molecule has 0 radical (unpaired) electrons. The molecule has 0 spiro atoms. The third-order valence-electron chi connectivity index (χ3n) is 6.00. The van der Waals surface area contributed by atoms with E-state index in [1.807, 2.05) is 91.0 Å². The highest BCUT2D eigenvalue weighted by molar-refractivity contribution is 5.73. The summed E-state index contributed by atoms with van der Waals surface area (Å²) in [5.74, 6) is -0.295. The molecule has 0 bridgehead atoms. The summed E-state index contributed by atoms with van der Waals surface area (Å²) in [6.07, 6.45) is -3.17. The molecule has 1 saturated heterocycles. The Morgan fingerprint density at radius 2 is 1.25 bits per heavy atom.